The number of hydrogen-bond donors (Lipinski definition) is 1. The zero-order valence-corrected chi connectivity index (χ0v) is 12.2. The maximum absolute atomic E-state index is 4.64. The molecule has 2 aromatic heterocycles. The van der Waals surface area contributed by atoms with Gasteiger partial charge in [0.1, 0.15) is 16.1 Å². The van der Waals surface area contributed by atoms with Gasteiger partial charge in [0.25, 0.3) is 0 Å². The summed E-state index contributed by atoms with van der Waals surface area (Å²) in [6, 6.07) is 0.149. The molecule has 0 radical (unpaired) electrons. The fraction of sp³-hybridized carbons (Fsp3) is 0.500. The number of nitrogens with one attached hydrogen (secondary N) is 1. The van der Waals surface area contributed by atoms with Crippen LogP contribution in [0.25, 0.3) is 0 Å². The Labute approximate surface area is 110 Å². The highest BCUT2D eigenvalue weighted by Gasteiger charge is 2.20. The maximum Gasteiger partial charge on any atom is 0.117 e. The molecule has 2 aromatic rings. The highest BCUT2D eigenvalue weighted by atomic mass is 32.1. The van der Waals surface area contributed by atoms with Crippen molar-refractivity contribution in [2.75, 3.05) is 6.54 Å². The van der Waals surface area contributed by atoms with Crippen molar-refractivity contribution in [3.8, 4) is 0 Å². The van der Waals surface area contributed by atoms with Gasteiger partial charge in [-0.3, -0.25) is 0 Å². The monoisotopic (exact) mass is 267 g/mol. The molecule has 0 spiro atoms. The van der Waals surface area contributed by atoms with Gasteiger partial charge in [0, 0.05) is 16.0 Å². The Kier molecular flexibility index (Phi) is 3.91. The van der Waals surface area contributed by atoms with Crippen molar-refractivity contribution in [3.05, 3.63) is 31.7 Å². The van der Waals surface area contributed by atoms with Gasteiger partial charge in [0.05, 0.1) is 5.69 Å². The lowest BCUT2D eigenvalue weighted by molar-refractivity contribution is 0.621. The molecule has 3 nitrogen and oxygen atoms in total. The molecule has 0 aliphatic carbocycles. The SMILES string of the molecule is CCNC(c1nc(C)cs1)c1nc(C)c(C)s1. The van der Waals surface area contributed by atoms with Crippen LogP contribution in [0.15, 0.2) is 5.38 Å². The summed E-state index contributed by atoms with van der Waals surface area (Å²) in [6.45, 7) is 9.24. The van der Waals surface area contributed by atoms with Crippen molar-refractivity contribution in [2.45, 2.75) is 33.7 Å². The van der Waals surface area contributed by atoms with Crippen LogP contribution in [-0.4, -0.2) is 16.5 Å². The summed E-state index contributed by atoms with van der Waals surface area (Å²) in [6.07, 6.45) is 0. The van der Waals surface area contributed by atoms with Crippen LogP contribution in [-0.2, 0) is 0 Å². The number of hydrogen-bond acceptors (Lipinski definition) is 5. The van der Waals surface area contributed by atoms with E-state index < -0.39 is 0 Å². The largest absolute Gasteiger partial charge is 0.303 e. The number of aromatic nitrogens is 2. The van der Waals surface area contributed by atoms with Gasteiger partial charge in [-0.2, -0.15) is 0 Å². The van der Waals surface area contributed by atoms with Gasteiger partial charge in [-0.15, -0.1) is 22.7 Å². The molecule has 0 aromatic carbocycles. The van der Waals surface area contributed by atoms with Gasteiger partial charge in [-0.1, -0.05) is 6.92 Å². The minimum atomic E-state index is 0.149. The van der Waals surface area contributed by atoms with E-state index in [1.165, 1.54) is 4.88 Å². The molecule has 92 valence electrons. The fourth-order valence-electron chi connectivity index (χ4n) is 1.61. The Balaban J connectivity index is 2.34. The van der Waals surface area contributed by atoms with E-state index in [1.807, 2.05) is 6.92 Å². The third kappa shape index (κ3) is 2.73. The molecule has 0 bridgehead atoms. The summed E-state index contributed by atoms with van der Waals surface area (Å²) in [5, 5.41) is 7.79. The molecule has 0 saturated heterocycles. The van der Waals surface area contributed by atoms with Gasteiger partial charge in [0.2, 0.25) is 0 Å². The molecule has 0 saturated carbocycles. The predicted octanol–water partition coefficient (Wildman–Crippen LogP) is 3.22. The molecule has 17 heavy (non-hydrogen) atoms. The molecule has 0 amide bonds. The predicted molar refractivity (Wildman–Crippen MR) is 74.0 cm³/mol. The third-order valence-electron chi connectivity index (χ3n) is 2.58. The summed E-state index contributed by atoms with van der Waals surface area (Å²) < 4.78 is 0. The molecular weight excluding hydrogens is 250 g/mol. The highest BCUT2D eigenvalue weighted by molar-refractivity contribution is 7.12. The van der Waals surface area contributed by atoms with E-state index in [9.17, 15) is 0 Å². The second-order valence-corrected chi connectivity index (χ2v) is 6.14. The maximum atomic E-state index is 4.64. The summed E-state index contributed by atoms with van der Waals surface area (Å²) in [5.41, 5.74) is 2.21. The second-order valence-electron chi connectivity index (χ2n) is 4.01. The lowest BCUT2D eigenvalue weighted by Crippen LogP contribution is -2.21. The Morgan fingerprint density at radius 2 is 2.00 bits per heavy atom. The van der Waals surface area contributed by atoms with Gasteiger partial charge >= 0.3 is 0 Å². The number of thiazole rings is 2. The smallest absolute Gasteiger partial charge is 0.117 e. The van der Waals surface area contributed by atoms with E-state index in [0.29, 0.717) is 0 Å². The fourth-order valence-corrected chi connectivity index (χ4v) is 3.56. The molecule has 1 unspecified atom stereocenters. The van der Waals surface area contributed by atoms with Gasteiger partial charge < -0.3 is 5.32 Å². The van der Waals surface area contributed by atoms with Crippen molar-refractivity contribution >= 4 is 22.7 Å². The summed E-state index contributed by atoms with van der Waals surface area (Å²) in [5.74, 6) is 0. The van der Waals surface area contributed by atoms with Crippen molar-refractivity contribution in [1.29, 1.82) is 0 Å². The van der Waals surface area contributed by atoms with Crippen LogP contribution in [0, 0.1) is 20.8 Å². The molecule has 2 rings (SSSR count). The van der Waals surface area contributed by atoms with Crippen LogP contribution < -0.4 is 5.32 Å². The standard InChI is InChI=1S/C12H17N3S2/c1-5-13-10(11-14-7(2)6-16-11)12-15-8(3)9(4)17-12/h6,10,13H,5H2,1-4H3. The summed E-state index contributed by atoms with van der Waals surface area (Å²) in [4.78, 5) is 10.5. The van der Waals surface area contributed by atoms with Gasteiger partial charge in [0.15, 0.2) is 0 Å². The first kappa shape index (κ1) is 12.7. The first-order chi connectivity index (χ1) is 8.11. The van der Waals surface area contributed by atoms with Crippen LogP contribution in [0.2, 0.25) is 0 Å². The van der Waals surface area contributed by atoms with Crippen LogP contribution >= 0.6 is 22.7 Å². The Hall–Kier alpha value is -0.780. The number of nitrogens with zero attached hydrogens (tertiary/aromatic N) is 2. The van der Waals surface area contributed by atoms with Crippen LogP contribution in [0.3, 0.4) is 0 Å². The zero-order chi connectivity index (χ0) is 12.4. The van der Waals surface area contributed by atoms with Crippen LogP contribution in [0.4, 0.5) is 0 Å². The molecule has 5 heteroatoms. The molecule has 0 fully saturated rings. The number of aryl methyl sites for hydroxylation is 3. The summed E-state index contributed by atoms with van der Waals surface area (Å²) >= 11 is 3.46. The normalized spacial score (nSPS) is 12.9. The molecule has 2 heterocycles. The van der Waals surface area contributed by atoms with Crippen molar-refractivity contribution in [3.63, 3.8) is 0 Å². The van der Waals surface area contributed by atoms with Crippen molar-refractivity contribution < 1.29 is 0 Å². The molecular formula is C12H17N3S2. The van der Waals surface area contributed by atoms with E-state index in [4.69, 9.17) is 0 Å². The topological polar surface area (TPSA) is 37.8 Å². The van der Waals surface area contributed by atoms with E-state index in [-0.39, 0.29) is 6.04 Å². The van der Waals surface area contributed by atoms with Crippen molar-refractivity contribution in [2.24, 2.45) is 0 Å². The first-order valence-electron chi connectivity index (χ1n) is 5.71. The van der Waals surface area contributed by atoms with Gasteiger partial charge in [-0.25, -0.2) is 9.97 Å². The van der Waals surface area contributed by atoms with E-state index >= 15 is 0 Å². The second kappa shape index (κ2) is 5.25. The summed E-state index contributed by atoms with van der Waals surface area (Å²) in [7, 11) is 0. The van der Waals surface area contributed by atoms with Gasteiger partial charge in [-0.05, 0) is 27.3 Å². The quantitative estimate of drug-likeness (QED) is 0.924. The minimum absolute atomic E-state index is 0.149. The van der Waals surface area contributed by atoms with Crippen molar-refractivity contribution in [1.82, 2.24) is 15.3 Å². The lowest BCUT2D eigenvalue weighted by atomic mass is 10.3. The molecule has 0 aliphatic heterocycles. The van der Waals surface area contributed by atoms with E-state index in [0.717, 1.165) is 27.9 Å². The van der Waals surface area contributed by atoms with Crippen LogP contribution in [0.1, 0.15) is 39.2 Å². The molecule has 0 aliphatic rings. The highest BCUT2D eigenvalue weighted by Crippen LogP contribution is 2.29. The minimum Gasteiger partial charge on any atom is -0.303 e. The Morgan fingerprint density at radius 1 is 1.24 bits per heavy atom. The Morgan fingerprint density at radius 3 is 2.47 bits per heavy atom. The average molecular weight is 267 g/mol. The molecule has 1 N–H and O–H groups in total. The van der Waals surface area contributed by atoms with E-state index in [2.05, 4.69) is 41.4 Å². The number of rotatable bonds is 4. The Bertz CT molecular complexity index is 482. The molecule has 1 atom stereocenters. The average Bonchev–Trinajstić information content (AvgIpc) is 2.83. The zero-order valence-electron chi connectivity index (χ0n) is 10.6. The van der Waals surface area contributed by atoms with E-state index in [1.54, 1.807) is 22.7 Å². The lowest BCUT2D eigenvalue weighted by Gasteiger charge is -2.12. The third-order valence-corrected chi connectivity index (χ3v) is 4.75. The first-order valence-corrected chi connectivity index (χ1v) is 7.40. The van der Waals surface area contributed by atoms with Crippen LogP contribution in [0.5, 0.6) is 0 Å².